The summed E-state index contributed by atoms with van der Waals surface area (Å²) in [6.45, 7) is 3.53. The molecule has 3 N–H and O–H groups in total. The second-order valence-corrected chi connectivity index (χ2v) is 7.11. The fourth-order valence-electron chi connectivity index (χ4n) is 3.38. The van der Waals surface area contributed by atoms with Crippen molar-refractivity contribution in [3.8, 4) is 0 Å². The quantitative estimate of drug-likeness (QED) is 0.777. The zero-order valence-corrected chi connectivity index (χ0v) is 14.3. The largest absolute Gasteiger partial charge is 0.352 e. The summed E-state index contributed by atoms with van der Waals surface area (Å²) >= 11 is 0. The van der Waals surface area contributed by atoms with E-state index >= 15 is 0 Å². The summed E-state index contributed by atoms with van der Waals surface area (Å²) in [5, 5.41) is 9.38. The molecule has 3 rings (SSSR count). The van der Waals surface area contributed by atoms with Gasteiger partial charge in [0.2, 0.25) is 11.8 Å². The molecule has 0 radical (unpaired) electrons. The van der Waals surface area contributed by atoms with Crippen LogP contribution in [-0.2, 0) is 16.1 Å². The minimum Gasteiger partial charge on any atom is -0.352 e. The summed E-state index contributed by atoms with van der Waals surface area (Å²) in [7, 11) is 0. The van der Waals surface area contributed by atoms with Crippen molar-refractivity contribution >= 4 is 17.5 Å². The Kier molecular flexibility index (Phi) is 5.51. The van der Waals surface area contributed by atoms with E-state index in [4.69, 9.17) is 0 Å². The van der Waals surface area contributed by atoms with Gasteiger partial charge in [-0.15, -0.1) is 0 Å². The Morgan fingerprint density at radius 1 is 1.17 bits per heavy atom. The first-order chi connectivity index (χ1) is 11.6. The molecule has 1 saturated carbocycles. The van der Waals surface area contributed by atoms with E-state index < -0.39 is 0 Å². The first-order valence-corrected chi connectivity index (χ1v) is 9.02. The van der Waals surface area contributed by atoms with Crippen LogP contribution in [0.25, 0.3) is 0 Å². The van der Waals surface area contributed by atoms with Crippen molar-refractivity contribution in [3.63, 3.8) is 0 Å². The van der Waals surface area contributed by atoms with Gasteiger partial charge in [0.05, 0.1) is 0 Å². The fourth-order valence-corrected chi connectivity index (χ4v) is 3.38. The third-order valence-corrected chi connectivity index (χ3v) is 5.13. The van der Waals surface area contributed by atoms with Crippen molar-refractivity contribution in [1.82, 2.24) is 10.6 Å². The first kappa shape index (κ1) is 17.0. The van der Waals surface area contributed by atoms with Gasteiger partial charge in [0.15, 0.2) is 0 Å². The molecule has 1 aliphatic carbocycles. The number of hydrogen-bond acceptors (Lipinski definition) is 3. The average Bonchev–Trinajstić information content (AvgIpc) is 2.51. The molecule has 2 aliphatic rings. The molecule has 0 bridgehead atoms. The van der Waals surface area contributed by atoms with Crippen LogP contribution in [0.4, 0.5) is 5.69 Å². The van der Waals surface area contributed by atoms with Gasteiger partial charge in [0.25, 0.3) is 0 Å². The number of rotatable bonds is 5. The maximum absolute atomic E-state index is 12.3. The standard InChI is InChI=1S/C19H27N3O2/c1-13-10-16(8-9-20-13)18(23)21-12-14-4-2-7-17(11-14)22-19(24)15-5-3-6-15/h2,4,7,11,13,15-16,20H,3,5-6,8-10,12H2,1H3,(H,21,23)(H,22,24)/t13-,16-/m0/s1. The van der Waals surface area contributed by atoms with Crippen LogP contribution in [0.1, 0.15) is 44.6 Å². The minimum absolute atomic E-state index is 0.0998. The highest BCUT2D eigenvalue weighted by Crippen LogP contribution is 2.27. The highest BCUT2D eigenvalue weighted by Gasteiger charge is 2.25. The predicted octanol–water partition coefficient (Wildman–Crippen LogP) is 2.43. The molecule has 1 saturated heterocycles. The Balaban J connectivity index is 1.50. The van der Waals surface area contributed by atoms with Crippen LogP contribution < -0.4 is 16.0 Å². The normalized spacial score (nSPS) is 24.0. The number of benzene rings is 1. The number of anilines is 1. The molecule has 2 atom stereocenters. The molecule has 0 spiro atoms. The summed E-state index contributed by atoms with van der Waals surface area (Å²) in [6.07, 6.45) is 4.93. The molecular weight excluding hydrogens is 302 g/mol. The van der Waals surface area contributed by atoms with E-state index in [2.05, 4.69) is 22.9 Å². The lowest BCUT2D eigenvalue weighted by Gasteiger charge is -2.27. The second-order valence-electron chi connectivity index (χ2n) is 7.11. The number of carbonyl (C=O) groups is 2. The van der Waals surface area contributed by atoms with Crippen molar-refractivity contribution < 1.29 is 9.59 Å². The van der Waals surface area contributed by atoms with Gasteiger partial charge < -0.3 is 16.0 Å². The lowest BCUT2D eigenvalue weighted by atomic mass is 9.85. The number of carbonyl (C=O) groups excluding carboxylic acids is 2. The van der Waals surface area contributed by atoms with E-state index in [1.807, 2.05) is 24.3 Å². The summed E-state index contributed by atoms with van der Waals surface area (Å²) in [4.78, 5) is 24.3. The topological polar surface area (TPSA) is 70.2 Å². The second kappa shape index (κ2) is 7.79. The Labute approximate surface area is 143 Å². The Morgan fingerprint density at radius 3 is 2.71 bits per heavy atom. The lowest BCUT2D eigenvalue weighted by molar-refractivity contribution is -0.126. The molecule has 5 nitrogen and oxygen atoms in total. The van der Waals surface area contributed by atoms with Crippen molar-refractivity contribution in [1.29, 1.82) is 0 Å². The van der Waals surface area contributed by atoms with E-state index in [9.17, 15) is 9.59 Å². The van der Waals surface area contributed by atoms with E-state index in [-0.39, 0.29) is 23.7 Å². The van der Waals surface area contributed by atoms with Gasteiger partial charge in [-0.05, 0) is 56.8 Å². The zero-order valence-electron chi connectivity index (χ0n) is 14.3. The van der Waals surface area contributed by atoms with Crippen molar-refractivity contribution in [3.05, 3.63) is 29.8 Å². The third kappa shape index (κ3) is 4.35. The maximum atomic E-state index is 12.3. The zero-order chi connectivity index (χ0) is 16.9. The Hall–Kier alpha value is -1.88. The summed E-state index contributed by atoms with van der Waals surface area (Å²) in [5.41, 5.74) is 1.82. The third-order valence-electron chi connectivity index (χ3n) is 5.13. The smallest absolute Gasteiger partial charge is 0.227 e. The van der Waals surface area contributed by atoms with Crippen LogP contribution in [0.5, 0.6) is 0 Å². The van der Waals surface area contributed by atoms with Gasteiger partial charge in [0, 0.05) is 30.1 Å². The summed E-state index contributed by atoms with van der Waals surface area (Å²) in [5.74, 6) is 0.524. The monoisotopic (exact) mass is 329 g/mol. The molecule has 2 fully saturated rings. The van der Waals surface area contributed by atoms with E-state index in [1.54, 1.807) is 0 Å². The number of hydrogen-bond donors (Lipinski definition) is 3. The van der Waals surface area contributed by atoms with Crippen molar-refractivity contribution in [2.75, 3.05) is 11.9 Å². The highest BCUT2D eigenvalue weighted by molar-refractivity contribution is 5.93. The first-order valence-electron chi connectivity index (χ1n) is 9.02. The molecule has 1 heterocycles. The maximum Gasteiger partial charge on any atom is 0.227 e. The molecule has 130 valence electrons. The van der Waals surface area contributed by atoms with Gasteiger partial charge in [-0.3, -0.25) is 9.59 Å². The molecule has 5 heteroatoms. The SMILES string of the molecule is C[C@H]1C[C@@H](C(=O)NCc2cccc(NC(=O)C3CCC3)c2)CCN1. The molecule has 0 aromatic heterocycles. The molecular formula is C19H27N3O2. The van der Waals surface area contributed by atoms with Crippen LogP contribution >= 0.6 is 0 Å². The van der Waals surface area contributed by atoms with Gasteiger partial charge >= 0.3 is 0 Å². The van der Waals surface area contributed by atoms with Crippen molar-refractivity contribution in [2.45, 2.75) is 51.6 Å². The van der Waals surface area contributed by atoms with E-state index in [0.717, 1.165) is 49.9 Å². The van der Waals surface area contributed by atoms with E-state index in [0.29, 0.717) is 12.6 Å². The molecule has 1 aromatic carbocycles. The molecule has 1 aliphatic heterocycles. The van der Waals surface area contributed by atoms with Gasteiger partial charge in [-0.25, -0.2) is 0 Å². The molecule has 2 amide bonds. The Morgan fingerprint density at radius 2 is 2.00 bits per heavy atom. The van der Waals surface area contributed by atoms with Gasteiger partial charge in [0.1, 0.15) is 0 Å². The van der Waals surface area contributed by atoms with Gasteiger partial charge in [-0.2, -0.15) is 0 Å². The number of nitrogens with one attached hydrogen (secondary N) is 3. The van der Waals surface area contributed by atoms with Crippen LogP contribution in [0, 0.1) is 11.8 Å². The molecule has 1 aromatic rings. The highest BCUT2D eigenvalue weighted by atomic mass is 16.2. The number of piperidine rings is 1. The fraction of sp³-hybridized carbons (Fsp3) is 0.579. The van der Waals surface area contributed by atoms with Crippen LogP contribution in [0.2, 0.25) is 0 Å². The summed E-state index contributed by atoms with van der Waals surface area (Å²) < 4.78 is 0. The lowest BCUT2D eigenvalue weighted by Crippen LogP contribution is -2.42. The van der Waals surface area contributed by atoms with Crippen molar-refractivity contribution in [2.24, 2.45) is 11.8 Å². The predicted molar refractivity (Wildman–Crippen MR) is 94.4 cm³/mol. The van der Waals surface area contributed by atoms with Crippen LogP contribution in [-0.4, -0.2) is 24.4 Å². The Bertz CT molecular complexity index is 598. The minimum atomic E-state index is 0.0998. The summed E-state index contributed by atoms with van der Waals surface area (Å²) in [6, 6.07) is 8.15. The number of amides is 2. The average molecular weight is 329 g/mol. The van der Waals surface area contributed by atoms with Gasteiger partial charge in [-0.1, -0.05) is 18.6 Å². The molecule has 24 heavy (non-hydrogen) atoms. The molecule has 0 unspecified atom stereocenters. The van der Waals surface area contributed by atoms with E-state index in [1.165, 1.54) is 0 Å². The van der Waals surface area contributed by atoms with Crippen LogP contribution in [0.15, 0.2) is 24.3 Å². The van der Waals surface area contributed by atoms with Crippen LogP contribution in [0.3, 0.4) is 0 Å².